The molecule has 0 bridgehead atoms. The second kappa shape index (κ2) is 5.46. The zero-order valence-corrected chi connectivity index (χ0v) is 11.1. The fourth-order valence-corrected chi connectivity index (χ4v) is 2.71. The molecule has 2 saturated heterocycles. The van der Waals surface area contributed by atoms with Gasteiger partial charge < -0.3 is 20.3 Å². The van der Waals surface area contributed by atoms with Crippen LogP contribution in [0.25, 0.3) is 0 Å². The lowest BCUT2D eigenvalue weighted by atomic mass is 10.1. The van der Waals surface area contributed by atoms with Crippen molar-refractivity contribution in [1.29, 1.82) is 0 Å². The molecule has 6 nitrogen and oxygen atoms in total. The summed E-state index contributed by atoms with van der Waals surface area (Å²) in [4.78, 5) is 26.3. The number of ether oxygens (including phenoxy) is 1. The molecular weight excluding hydrogens is 246 g/mol. The maximum absolute atomic E-state index is 12.4. The van der Waals surface area contributed by atoms with Gasteiger partial charge in [-0.3, -0.25) is 9.59 Å². The summed E-state index contributed by atoms with van der Waals surface area (Å²) in [5.74, 6) is -0.00899. The fraction of sp³-hybridized carbons (Fsp3) is 0.846. The molecule has 3 fully saturated rings. The molecular formula is C13H21N3O3. The van der Waals surface area contributed by atoms with Crippen molar-refractivity contribution in [2.24, 2.45) is 0 Å². The van der Waals surface area contributed by atoms with E-state index >= 15 is 0 Å². The molecule has 0 aromatic carbocycles. The van der Waals surface area contributed by atoms with E-state index in [9.17, 15) is 9.59 Å². The number of morpholine rings is 1. The van der Waals surface area contributed by atoms with Gasteiger partial charge in [-0.05, 0) is 32.2 Å². The van der Waals surface area contributed by atoms with E-state index in [1.165, 1.54) is 0 Å². The summed E-state index contributed by atoms with van der Waals surface area (Å²) >= 11 is 0. The Kier molecular flexibility index (Phi) is 3.70. The second-order valence-corrected chi connectivity index (χ2v) is 5.55. The van der Waals surface area contributed by atoms with E-state index in [0.29, 0.717) is 25.8 Å². The van der Waals surface area contributed by atoms with Crippen molar-refractivity contribution in [3.8, 4) is 0 Å². The van der Waals surface area contributed by atoms with Gasteiger partial charge in [0.1, 0.15) is 6.04 Å². The van der Waals surface area contributed by atoms with Crippen molar-refractivity contribution in [3.63, 3.8) is 0 Å². The first-order valence-electron chi connectivity index (χ1n) is 7.17. The summed E-state index contributed by atoms with van der Waals surface area (Å²) in [5.41, 5.74) is 0. The highest BCUT2D eigenvalue weighted by molar-refractivity contribution is 5.90. The van der Waals surface area contributed by atoms with Crippen molar-refractivity contribution in [3.05, 3.63) is 0 Å². The Labute approximate surface area is 112 Å². The van der Waals surface area contributed by atoms with Crippen molar-refractivity contribution in [2.45, 2.75) is 43.8 Å². The first-order chi connectivity index (χ1) is 9.25. The van der Waals surface area contributed by atoms with Crippen molar-refractivity contribution in [1.82, 2.24) is 15.5 Å². The first-order valence-corrected chi connectivity index (χ1v) is 7.17. The third-order valence-electron chi connectivity index (χ3n) is 4.00. The van der Waals surface area contributed by atoms with Gasteiger partial charge in [0.05, 0.1) is 19.3 Å². The van der Waals surface area contributed by atoms with Crippen molar-refractivity contribution in [2.75, 3.05) is 26.3 Å². The minimum Gasteiger partial charge on any atom is -0.377 e. The molecule has 106 valence electrons. The highest BCUT2D eigenvalue weighted by Crippen LogP contribution is 2.20. The average Bonchev–Trinajstić information content (AvgIpc) is 3.08. The van der Waals surface area contributed by atoms with Gasteiger partial charge in [-0.1, -0.05) is 0 Å². The SMILES string of the molecule is O=C(NC1CC1)C1COCCN1C(=O)C1CCCN1. The fourth-order valence-electron chi connectivity index (χ4n) is 2.71. The smallest absolute Gasteiger partial charge is 0.245 e. The van der Waals surface area contributed by atoms with E-state index in [1.807, 2.05) is 0 Å². The summed E-state index contributed by atoms with van der Waals surface area (Å²) in [6, 6.07) is -0.255. The van der Waals surface area contributed by atoms with Crippen LogP contribution in [0.2, 0.25) is 0 Å². The van der Waals surface area contributed by atoms with Crippen LogP contribution in [0.15, 0.2) is 0 Å². The number of nitrogens with zero attached hydrogens (tertiary/aromatic N) is 1. The van der Waals surface area contributed by atoms with Crippen molar-refractivity contribution >= 4 is 11.8 Å². The van der Waals surface area contributed by atoms with Gasteiger partial charge in [0.15, 0.2) is 0 Å². The monoisotopic (exact) mass is 267 g/mol. The van der Waals surface area contributed by atoms with Crippen LogP contribution in [-0.4, -0.2) is 61.1 Å². The lowest BCUT2D eigenvalue weighted by Gasteiger charge is -2.36. The third-order valence-corrected chi connectivity index (χ3v) is 4.00. The largest absolute Gasteiger partial charge is 0.377 e. The molecule has 3 rings (SSSR count). The van der Waals surface area contributed by atoms with Crippen LogP contribution in [0, 0.1) is 0 Å². The number of nitrogens with one attached hydrogen (secondary N) is 2. The molecule has 2 unspecified atom stereocenters. The number of hydrogen-bond donors (Lipinski definition) is 2. The minimum absolute atomic E-state index is 0.0525. The zero-order chi connectivity index (χ0) is 13.2. The van der Waals surface area contributed by atoms with E-state index < -0.39 is 6.04 Å². The summed E-state index contributed by atoms with van der Waals surface area (Å²) in [6.07, 6.45) is 4.00. The summed E-state index contributed by atoms with van der Waals surface area (Å²) in [7, 11) is 0. The van der Waals surface area contributed by atoms with Gasteiger partial charge in [-0.2, -0.15) is 0 Å². The first kappa shape index (κ1) is 12.9. The van der Waals surface area contributed by atoms with Crippen LogP contribution in [0.4, 0.5) is 0 Å². The maximum atomic E-state index is 12.4. The second-order valence-electron chi connectivity index (χ2n) is 5.55. The van der Waals surface area contributed by atoms with E-state index in [1.54, 1.807) is 4.90 Å². The molecule has 0 radical (unpaired) electrons. The summed E-state index contributed by atoms with van der Waals surface area (Å²) < 4.78 is 5.37. The molecule has 0 spiro atoms. The topological polar surface area (TPSA) is 70.7 Å². The lowest BCUT2D eigenvalue weighted by molar-refractivity contribution is -0.149. The Bertz CT molecular complexity index is 364. The Hall–Kier alpha value is -1.14. The molecule has 0 aromatic heterocycles. The van der Waals surface area contributed by atoms with Crippen LogP contribution in [0.3, 0.4) is 0 Å². The van der Waals surface area contributed by atoms with Gasteiger partial charge in [0, 0.05) is 12.6 Å². The van der Waals surface area contributed by atoms with Crippen LogP contribution < -0.4 is 10.6 Å². The standard InChI is InChI=1S/C13H21N3O3/c17-12(15-9-3-4-9)11-8-19-7-6-16(11)13(18)10-2-1-5-14-10/h9-11,14H,1-8H2,(H,15,17). The van der Waals surface area contributed by atoms with Gasteiger partial charge >= 0.3 is 0 Å². The van der Waals surface area contributed by atoms with E-state index in [2.05, 4.69) is 10.6 Å². The van der Waals surface area contributed by atoms with Gasteiger partial charge in [0.25, 0.3) is 0 Å². The minimum atomic E-state index is -0.454. The molecule has 2 aliphatic heterocycles. The molecule has 3 aliphatic rings. The van der Waals surface area contributed by atoms with E-state index in [-0.39, 0.29) is 17.9 Å². The Morgan fingerprint density at radius 2 is 2.11 bits per heavy atom. The molecule has 19 heavy (non-hydrogen) atoms. The molecule has 0 aromatic rings. The number of carbonyl (C=O) groups is 2. The molecule has 2 N–H and O–H groups in total. The average molecular weight is 267 g/mol. The highest BCUT2D eigenvalue weighted by Gasteiger charge is 2.38. The van der Waals surface area contributed by atoms with E-state index in [0.717, 1.165) is 32.2 Å². The highest BCUT2D eigenvalue weighted by atomic mass is 16.5. The zero-order valence-electron chi connectivity index (χ0n) is 11.1. The number of hydrogen-bond acceptors (Lipinski definition) is 4. The van der Waals surface area contributed by atoms with Crippen LogP contribution in [0.1, 0.15) is 25.7 Å². The van der Waals surface area contributed by atoms with Crippen LogP contribution in [0.5, 0.6) is 0 Å². The van der Waals surface area contributed by atoms with Gasteiger partial charge in [-0.15, -0.1) is 0 Å². The van der Waals surface area contributed by atoms with Gasteiger partial charge in [-0.25, -0.2) is 0 Å². The lowest BCUT2D eigenvalue weighted by Crippen LogP contribution is -2.59. The van der Waals surface area contributed by atoms with Crippen LogP contribution in [-0.2, 0) is 14.3 Å². The Morgan fingerprint density at radius 1 is 1.26 bits per heavy atom. The quantitative estimate of drug-likeness (QED) is 0.705. The summed E-state index contributed by atoms with van der Waals surface area (Å²) in [6.45, 7) is 2.24. The normalized spacial score (nSPS) is 31.3. The molecule has 2 heterocycles. The predicted molar refractivity (Wildman–Crippen MR) is 68.5 cm³/mol. The molecule has 6 heteroatoms. The maximum Gasteiger partial charge on any atom is 0.245 e. The van der Waals surface area contributed by atoms with Crippen molar-refractivity contribution < 1.29 is 14.3 Å². The number of carbonyl (C=O) groups excluding carboxylic acids is 2. The molecule has 2 amide bonds. The third kappa shape index (κ3) is 2.90. The van der Waals surface area contributed by atoms with E-state index in [4.69, 9.17) is 4.74 Å². The van der Waals surface area contributed by atoms with Crippen LogP contribution >= 0.6 is 0 Å². The number of amides is 2. The molecule has 1 aliphatic carbocycles. The number of rotatable bonds is 3. The van der Waals surface area contributed by atoms with Gasteiger partial charge in [0.2, 0.25) is 11.8 Å². The Balaban J connectivity index is 1.65. The predicted octanol–water partition coefficient (Wildman–Crippen LogP) is -0.756. The summed E-state index contributed by atoms with van der Waals surface area (Å²) in [5, 5.41) is 6.17. The molecule has 1 saturated carbocycles. The Morgan fingerprint density at radius 3 is 2.79 bits per heavy atom. The molecule has 2 atom stereocenters.